The largest absolute Gasteiger partial charge is 0.497 e. The molecule has 1 fully saturated rings. The summed E-state index contributed by atoms with van der Waals surface area (Å²) in [5.41, 5.74) is 1.83. The zero-order valence-electron chi connectivity index (χ0n) is 16.6. The van der Waals surface area contributed by atoms with Gasteiger partial charge in [0.2, 0.25) is 11.8 Å². The Morgan fingerprint density at radius 2 is 1.97 bits per heavy atom. The molecule has 0 aliphatic carbocycles. The Morgan fingerprint density at radius 3 is 2.63 bits per heavy atom. The van der Waals surface area contributed by atoms with Crippen molar-refractivity contribution in [1.29, 1.82) is 5.26 Å². The van der Waals surface area contributed by atoms with Crippen LogP contribution in [0.15, 0.2) is 48.5 Å². The van der Waals surface area contributed by atoms with Crippen LogP contribution in [-0.2, 0) is 9.59 Å². The monoisotopic (exact) mass is 423 g/mol. The number of hydrogen-bond donors (Lipinski definition) is 1. The molecule has 8 heteroatoms. The highest BCUT2D eigenvalue weighted by Crippen LogP contribution is 2.27. The van der Waals surface area contributed by atoms with Crippen molar-refractivity contribution in [3.8, 4) is 17.6 Å². The first-order valence-corrected chi connectivity index (χ1v) is 10.3. The average Bonchev–Trinajstić information content (AvgIpc) is 3.28. The third-order valence-electron chi connectivity index (χ3n) is 4.60. The summed E-state index contributed by atoms with van der Waals surface area (Å²) in [6.07, 6.45) is 3.11. The van der Waals surface area contributed by atoms with E-state index >= 15 is 0 Å². The number of thioether (sulfide) groups is 1. The van der Waals surface area contributed by atoms with Gasteiger partial charge in [0.25, 0.3) is 0 Å². The highest BCUT2D eigenvalue weighted by Gasteiger charge is 2.33. The number of rotatable bonds is 6. The van der Waals surface area contributed by atoms with Gasteiger partial charge in [-0.25, -0.2) is 0 Å². The maximum absolute atomic E-state index is 12.7. The van der Waals surface area contributed by atoms with E-state index in [1.54, 1.807) is 62.8 Å². The molecule has 0 radical (unpaired) electrons. The standard InChI is InChI=1S/C22H21N3O4S/c1-28-18-9-5-16(20(11-18)29-2)6-10-21(26)25-14-30-13-19(25)22(27)24-17-7-3-15(12-23)4-8-17/h3-11,19H,13-14H2,1-2H3,(H,24,27)/b10-6+. The van der Waals surface area contributed by atoms with Crippen LogP contribution >= 0.6 is 11.8 Å². The fourth-order valence-corrected chi connectivity index (χ4v) is 4.11. The fraction of sp³-hybridized carbons (Fsp3) is 0.227. The molecule has 1 N–H and O–H groups in total. The second-order valence-corrected chi connectivity index (χ2v) is 7.44. The molecular weight excluding hydrogens is 402 g/mol. The molecule has 0 saturated carbocycles. The van der Waals surface area contributed by atoms with E-state index < -0.39 is 6.04 Å². The Labute approximate surface area is 179 Å². The second-order valence-electron chi connectivity index (χ2n) is 6.44. The number of nitriles is 1. The van der Waals surface area contributed by atoms with Gasteiger partial charge in [0, 0.05) is 29.1 Å². The summed E-state index contributed by atoms with van der Waals surface area (Å²) in [4.78, 5) is 27.0. The van der Waals surface area contributed by atoms with Gasteiger partial charge in [-0.15, -0.1) is 11.8 Å². The second kappa shape index (κ2) is 9.85. The number of methoxy groups -OCH3 is 2. The minimum absolute atomic E-state index is 0.252. The normalized spacial score (nSPS) is 15.6. The van der Waals surface area contributed by atoms with Crippen LogP contribution in [0.4, 0.5) is 5.69 Å². The van der Waals surface area contributed by atoms with Crippen LogP contribution in [0.2, 0.25) is 0 Å². The minimum Gasteiger partial charge on any atom is -0.497 e. The Morgan fingerprint density at radius 1 is 1.20 bits per heavy atom. The molecule has 0 aromatic heterocycles. The number of nitrogens with zero attached hydrogens (tertiary/aromatic N) is 2. The molecule has 0 bridgehead atoms. The summed E-state index contributed by atoms with van der Waals surface area (Å²) in [7, 11) is 3.12. The van der Waals surface area contributed by atoms with Gasteiger partial charge >= 0.3 is 0 Å². The Bertz CT molecular complexity index is 998. The summed E-state index contributed by atoms with van der Waals surface area (Å²) in [5.74, 6) is 1.70. The third-order valence-corrected chi connectivity index (χ3v) is 5.61. The Hall–Kier alpha value is -3.44. The van der Waals surface area contributed by atoms with Crippen molar-refractivity contribution in [2.45, 2.75) is 6.04 Å². The smallest absolute Gasteiger partial charge is 0.248 e. The summed E-state index contributed by atoms with van der Waals surface area (Å²) >= 11 is 1.52. The van der Waals surface area contributed by atoms with Crippen LogP contribution in [0.5, 0.6) is 11.5 Å². The van der Waals surface area contributed by atoms with E-state index in [9.17, 15) is 9.59 Å². The first-order chi connectivity index (χ1) is 14.5. The predicted molar refractivity (Wildman–Crippen MR) is 116 cm³/mol. The molecule has 1 atom stereocenters. The number of carbonyl (C=O) groups is 2. The maximum Gasteiger partial charge on any atom is 0.248 e. The van der Waals surface area contributed by atoms with Crippen molar-refractivity contribution in [3.63, 3.8) is 0 Å². The van der Waals surface area contributed by atoms with Gasteiger partial charge in [0.1, 0.15) is 17.5 Å². The van der Waals surface area contributed by atoms with E-state index in [1.165, 1.54) is 22.7 Å². The number of amides is 2. The van der Waals surface area contributed by atoms with Crippen molar-refractivity contribution in [3.05, 3.63) is 59.7 Å². The zero-order valence-corrected chi connectivity index (χ0v) is 17.4. The van der Waals surface area contributed by atoms with E-state index in [0.717, 1.165) is 5.56 Å². The van der Waals surface area contributed by atoms with Crippen molar-refractivity contribution in [2.24, 2.45) is 0 Å². The lowest BCUT2D eigenvalue weighted by molar-refractivity contribution is -0.132. The molecule has 2 aromatic rings. The summed E-state index contributed by atoms with van der Waals surface area (Å²) in [6.45, 7) is 0. The quantitative estimate of drug-likeness (QED) is 0.718. The minimum atomic E-state index is -0.569. The number of anilines is 1. The molecule has 0 spiro atoms. The first-order valence-electron chi connectivity index (χ1n) is 9.15. The number of benzene rings is 2. The molecule has 154 valence electrons. The van der Waals surface area contributed by atoms with Gasteiger partial charge < -0.3 is 19.7 Å². The van der Waals surface area contributed by atoms with Crippen LogP contribution < -0.4 is 14.8 Å². The van der Waals surface area contributed by atoms with Crippen LogP contribution in [0, 0.1) is 11.3 Å². The lowest BCUT2D eigenvalue weighted by Crippen LogP contribution is -2.43. The van der Waals surface area contributed by atoms with E-state index in [1.807, 2.05) is 6.07 Å². The lowest BCUT2D eigenvalue weighted by atomic mass is 10.1. The molecule has 2 aromatic carbocycles. The van der Waals surface area contributed by atoms with E-state index in [0.29, 0.717) is 34.4 Å². The van der Waals surface area contributed by atoms with Crippen LogP contribution in [0.25, 0.3) is 6.08 Å². The molecule has 1 aliphatic rings. The molecule has 1 saturated heterocycles. The molecule has 7 nitrogen and oxygen atoms in total. The van der Waals surface area contributed by atoms with Gasteiger partial charge in [-0.2, -0.15) is 5.26 Å². The molecule has 1 heterocycles. The maximum atomic E-state index is 12.7. The summed E-state index contributed by atoms with van der Waals surface area (Å²) < 4.78 is 10.5. The van der Waals surface area contributed by atoms with Gasteiger partial charge in [-0.05, 0) is 42.5 Å². The van der Waals surface area contributed by atoms with Crippen LogP contribution in [-0.4, -0.2) is 48.6 Å². The van der Waals surface area contributed by atoms with Crippen molar-refractivity contribution < 1.29 is 19.1 Å². The van der Waals surface area contributed by atoms with Crippen LogP contribution in [0.3, 0.4) is 0 Å². The molecule has 1 unspecified atom stereocenters. The number of nitrogens with one attached hydrogen (secondary N) is 1. The fourth-order valence-electron chi connectivity index (χ4n) is 2.94. The molecule has 2 amide bonds. The van der Waals surface area contributed by atoms with Gasteiger partial charge in [-0.3, -0.25) is 9.59 Å². The number of hydrogen-bond acceptors (Lipinski definition) is 6. The van der Waals surface area contributed by atoms with Crippen molar-refractivity contribution in [2.75, 3.05) is 31.2 Å². The van der Waals surface area contributed by atoms with E-state index in [-0.39, 0.29) is 11.8 Å². The Balaban J connectivity index is 1.68. The Kier molecular flexibility index (Phi) is 6.99. The predicted octanol–water partition coefficient (Wildman–Crippen LogP) is 3.13. The van der Waals surface area contributed by atoms with Crippen molar-refractivity contribution >= 4 is 35.3 Å². The van der Waals surface area contributed by atoms with E-state index in [2.05, 4.69) is 5.32 Å². The first kappa shape index (κ1) is 21.3. The van der Waals surface area contributed by atoms with Crippen molar-refractivity contribution in [1.82, 2.24) is 4.90 Å². The molecule has 3 rings (SSSR count). The highest BCUT2D eigenvalue weighted by molar-refractivity contribution is 7.99. The zero-order chi connectivity index (χ0) is 21.5. The van der Waals surface area contributed by atoms with Gasteiger partial charge in [-0.1, -0.05) is 0 Å². The highest BCUT2D eigenvalue weighted by atomic mass is 32.2. The average molecular weight is 423 g/mol. The van der Waals surface area contributed by atoms with E-state index in [4.69, 9.17) is 14.7 Å². The molecule has 1 aliphatic heterocycles. The summed E-state index contributed by atoms with van der Waals surface area (Å²) in [6, 6.07) is 13.4. The SMILES string of the molecule is COc1ccc(/C=C/C(=O)N2CSCC2C(=O)Nc2ccc(C#N)cc2)c(OC)c1. The molecule has 30 heavy (non-hydrogen) atoms. The summed E-state index contributed by atoms with van der Waals surface area (Å²) in [5, 5.41) is 11.7. The lowest BCUT2D eigenvalue weighted by Gasteiger charge is -2.21. The number of ether oxygens (including phenoxy) is 2. The van der Waals surface area contributed by atoms with Crippen LogP contribution in [0.1, 0.15) is 11.1 Å². The molecular formula is C22H21N3O4S. The van der Waals surface area contributed by atoms with Gasteiger partial charge in [0.05, 0.1) is 31.7 Å². The third kappa shape index (κ3) is 4.93. The topological polar surface area (TPSA) is 91.7 Å². The van der Waals surface area contributed by atoms with Gasteiger partial charge in [0.15, 0.2) is 0 Å². The number of carbonyl (C=O) groups excluding carboxylic acids is 2.